The molecule has 1 amide bonds. The number of rotatable bonds is 1. The molecular weight excluding hydrogens is 276 g/mol. The van der Waals surface area contributed by atoms with Crippen LogP contribution in [0.1, 0.15) is 31.1 Å². The number of halogens is 2. The maximum absolute atomic E-state index is 13.7. The molecule has 21 heavy (non-hydrogen) atoms. The highest BCUT2D eigenvalue weighted by Gasteiger charge is 2.29. The Hall–Kier alpha value is -1.69. The molecule has 0 unspecified atom stereocenters. The lowest BCUT2D eigenvalue weighted by Crippen LogP contribution is -2.54. The molecule has 1 fully saturated rings. The van der Waals surface area contributed by atoms with Gasteiger partial charge >= 0.3 is 0 Å². The van der Waals surface area contributed by atoms with Gasteiger partial charge in [-0.15, -0.1) is 0 Å². The van der Waals surface area contributed by atoms with Gasteiger partial charge in [0.15, 0.2) is 0 Å². The van der Waals surface area contributed by atoms with Gasteiger partial charge in [0.2, 0.25) is 0 Å². The van der Waals surface area contributed by atoms with Crippen LogP contribution in [0.5, 0.6) is 0 Å². The second kappa shape index (κ2) is 5.60. The minimum Gasteiger partial charge on any atom is -0.396 e. The second-order valence-electron chi connectivity index (χ2n) is 6.30. The van der Waals surface area contributed by atoms with Crippen molar-refractivity contribution in [2.24, 2.45) is 0 Å². The molecule has 0 radical (unpaired) electrons. The Morgan fingerprint density at radius 3 is 2.19 bits per heavy atom. The predicted octanol–water partition coefficient (Wildman–Crippen LogP) is 2.10. The number of hydrogen-bond acceptors (Lipinski definition) is 3. The van der Waals surface area contributed by atoms with Gasteiger partial charge in [-0.1, -0.05) is 0 Å². The van der Waals surface area contributed by atoms with Crippen molar-refractivity contribution < 1.29 is 13.6 Å². The Labute approximate surface area is 123 Å². The molecule has 4 nitrogen and oxygen atoms in total. The van der Waals surface area contributed by atoms with Gasteiger partial charge < -0.3 is 10.6 Å². The number of carbonyl (C=O) groups is 1. The molecule has 1 aromatic rings. The fourth-order valence-corrected chi connectivity index (χ4v) is 2.48. The third-order valence-corrected chi connectivity index (χ3v) is 3.83. The van der Waals surface area contributed by atoms with Crippen LogP contribution in [0.25, 0.3) is 0 Å². The average molecular weight is 297 g/mol. The van der Waals surface area contributed by atoms with Crippen molar-refractivity contribution in [2.45, 2.75) is 26.3 Å². The zero-order valence-electron chi connectivity index (χ0n) is 12.6. The van der Waals surface area contributed by atoms with E-state index >= 15 is 0 Å². The average Bonchev–Trinajstić information content (AvgIpc) is 2.41. The van der Waals surface area contributed by atoms with Gasteiger partial charge in [0.25, 0.3) is 5.91 Å². The van der Waals surface area contributed by atoms with Gasteiger partial charge in [-0.2, -0.15) is 0 Å². The van der Waals surface area contributed by atoms with Crippen molar-refractivity contribution in [1.29, 1.82) is 0 Å². The molecule has 0 saturated carbocycles. The van der Waals surface area contributed by atoms with Crippen LogP contribution in [-0.4, -0.2) is 47.4 Å². The monoisotopic (exact) mass is 297 g/mol. The zero-order chi connectivity index (χ0) is 15.8. The second-order valence-corrected chi connectivity index (χ2v) is 6.30. The number of nitrogens with zero attached hydrogens (tertiary/aromatic N) is 2. The first-order valence-corrected chi connectivity index (χ1v) is 6.99. The summed E-state index contributed by atoms with van der Waals surface area (Å²) in [6, 6.07) is 1.73. The molecule has 0 bridgehead atoms. The van der Waals surface area contributed by atoms with Crippen LogP contribution in [0.4, 0.5) is 14.5 Å². The Kier molecular flexibility index (Phi) is 4.18. The largest absolute Gasteiger partial charge is 0.396 e. The van der Waals surface area contributed by atoms with E-state index in [0.29, 0.717) is 19.2 Å². The lowest BCUT2D eigenvalue weighted by atomic mass is 10.0. The highest BCUT2D eigenvalue weighted by atomic mass is 19.1. The predicted molar refractivity (Wildman–Crippen MR) is 78.0 cm³/mol. The van der Waals surface area contributed by atoms with Gasteiger partial charge in [0.1, 0.15) is 11.6 Å². The summed E-state index contributed by atoms with van der Waals surface area (Å²) in [5.41, 5.74) is 5.07. The molecule has 1 heterocycles. The maximum atomic E-state index is 13.7. The summed E-state index contributed by atoms with van der Waals surface area (Å²) in [6.45, 7) is 8.85. The van der Waals surface area contributed by atoms with Gasteiger partial charge in [0, 0.05) is 37.8 Å². The molecule has 0 aliphatic carbocycles. The summed E-state index contributed by atoms with van der Waals surface area (Å²) in [5.74, 6) is -2.15. The van der Waals surface area contributed by atoms with Crippen molar-refractivity contribution in [2.75, 3.05) is 31.9 Å². The first-order chi connectivity index (χ1) is 9.70. The molecule has 1 aliphatic heterocycles. The SMILES string of the molecule is CC(C)(C)N1CCN(C(=O)c2cc(N)c(F)cc2F)CC1. The van der Waals surface area contributed by atoms with Crippen molar-refractivity contribution >= 4 is 11.6 Å². The smallest absolute Gasteiger partial charge is 0.256 e. The molecule has 0 spiro atoms. The molecule has 2 rings (SSSR count). The maximum Gasteiger partial charge on any atom is 0.256 e. The molecule has 1 saturated heterocycles. The van der Waals surface area contributed by atoms with Crippen LogP contribution in [-0.2, 0) is 0 Å². The fourth-order valence-electron chi connectivity index (χ4n) is 2.48. The summed E-state index contributed by atoms with van der Waals surface area (Å²) < 4.78 is 26.9. The molecule has 0 aromatic heterocycles. The van der Waals surface area contributed by atoms with E-state index in [1.807, 2.05) is 0 Å². The summed E-state index contributed by atoms with van der Waals surface area (Å²) in [7, 11) is 0. The van der Waals surface area contributed by atoms with Crippen LogP contribution >= 0.6 is 0 Å². The third kappa shape index (κ3) is 3.32. The first-order valence-electron chi connectivity index (χ1n) is 6.99. The Bertz CT molecular complexity index is 547. The third-order valence-electron chi connectivity index (χ3n) is 3.83. The summed E-state index contributed by atoms with van der Waals surface area (Å²) >= 11 is 0. The van der Waals surface area contributed by atoms with Gasteiger partial charge in [-0.05, 0) is 26.8 Å². The van der Waals surface area contributed by atoms with Crippen LogP contribution in [0.2, 0.25) is 0 Å². The van der Waals surface area contributed by atoms with Crippen molar-refractivity contribution in [3.8, 4) is 0 Å². The van der Waals surface area contributed by atoms with E-state index in [1.54, 1.807) is 4.90 Å². The Morgan fingerprint density at radius 2 is 1.67 bits per heavy atom. The summed E-state index contributed by atoms with van der Waals surface area (Å²) in [4.78, 5) is 16.2. The number of anilines is 1. The molecule has 116 valence electrons. The van der Waals surface area contributed by atoms with E-state index < -0.39 is 17.5 Å². The number of hydrogen-bond donors (Lipinski definition) is 1. The van der Waals surface area contributed by atoms with Crippen LogP contribution < -0.4 is 5.73 Å². The van der Waals surface area contributed by atoms with Crippen molar-refractivity contribution in [3.05, 3.63) is 29.3 Å². The molecular formula is C15H21F2N3O. The van der Waals surface area contributed by atoms with Crippen molar-refractivity contribution in [1.82, 2.24) is 9.80 Å². The highest BCUT2D eigenvalue weighted by molar-refractivity contribution is 5.95. The fraction of sp³-hybridized carbons (Fsp3) is 0.533. The molecule has 1 aliphatic rings. The molecule has 6 heteroatoms. The zero-order valence-corrected chi connectivity index (χ0v) is 12.6. The lowest BCUT2D eigenvalue weighted by molar-refractivity contribution is 0.0447. The standard InChI is InChI=1S/C15H21F2N3O/c1-15(2,3)20-6-4-19(5-7-20)14(21)10-8-13(18)12(17)9-11(10)16/h8-9H,4-7,18H2,1-3H3. The summed E-state index contributed by atoms with van der Waals surface area (Å²) in [5, 5.41) is 0. The number of amides is 1. The quantitative estimate of drug-likeness (QED) is 0.808. The first kappa shape index (κ1) is 15.7. The topological polar surface area (TPSA) is 49.6 Å². The number of nitrogen functional groups attached to an aromatic ring is 1. The van der Waals surface area contributed by atoms with Crippen LogP contribution in [0, 0.1) is 11.6 Å². The Morgan fingerprint density at radius 1 is 1.10 bits per heavy atom. The number of benzene rings is 1. The van der Waals surface area contributed by atoms with E-state index in [9.17, 15) is 13.6 Å². The minimum absolute atomic E-state index is 0.0424. The van der Waals surface area contributed by atoms with Crippen molar-refractivity contribution in [3.63, 3.8) is 0 Å². The highest BCUT2D eigenvalue weighted by Crippen LogP contribution is 2.21. The molecule has 1 aromatic carbocycles. The van der Waals surface area contributed by atoms with Gasteiger partial charge in [-0.3, -0.25) is 9.69 Å². The van der Waals surface area contributed by atoms with Crippen LogP contribution in [0.15, 0.2) is 12.1 Å². The van der Waals surface area contributed by atoms with Gasteiger partial charge in [-0.25, -0.2) is 8.78 Å². The normalized spacial score (nSPS) is 17.1. The van der Waals surface area contributed by atoms with E-state index in [1.165, 1.54) is 0 Å². The summed E-state index contributed by atoms with van der Waals surface area (Å²) in [6.07, 6.45) is 0. The molecule has 2 N–H and O–H groups in total. The Balaban J connectivity index is 2.11. The van der Waals surface area contributed by atoms with E-state index in [-0.39, 0.29) is 16.8 Å². The number of nitrogens with two attached hydrogens (primary N) is 1. The number of piperazine rings is 1. The number of carbonyl (C=O) groups excluding carboxylic acids is 1. The molecule has 0 atom stereocenters. The lowest BCUT2D eigenvalue weighted by Gasteiger charge is -2.42. The van der Waals surface area contributed by atoms with E-state index in [2.05, 4.69) is 25.7 Å². The van der Waals surface area contributed by atoms with Gasteiger partial charge in [0.05, 0.1) is 11.3 Å². The van der Waals surface area contributed by atoms with Crippen LogP contribution in [0.3, 0.4) is 0 Å². The van der Waals surface area contributed by atoms with E-state index in [4.69, 9.17) is 5.73 Å². The van der Waals surface area contributed by atoms with E-state index in [0.717, 1.165) is 19.2 Å². The minimum atomic E-state index is -0.870.